The molecule has 0 aliphatic rings. The van der Waals surface area contributed by atoms with E-state index < -0.39 is 35.5 Å². The van der Waals surface area contributed by atoms with Crippen LogP contribution in [-0.4, -0.2) is 40.8 Å². The minimum atomic E-state index is -2.06. The molecule has 3 atom stereocenters. The number of hydrogen-bond acceptors (Lipinski definition) is 8. The molecule has 0 spiro atoms. The Balaban J connectivity index is 3.42. The lowest BCUT2D eigenvalue weighted by Gasteiger charge is -2.34. The molecule has 0 bridgehead atoms. The quantitative estimate of drug-likeness (QED) is 0.0874. The summed E-state index contributed by atoms with van der Waals surface area (Å²) in [6, 6.07) is 4.26. The van der Waals surface area contributed by atoms with E-state index in [9.17, 15) is 24.3 Å². The van der Waals surface area contributed by atoms with Gasteiger partial charge in [-0.2, -0.15) is 0 Å². The highest BCUT2D eigenvalue weighted by Crippen LogP contribution is 2.32. The molecule has 0 fully saturated rings. The van der Waals surface area contributed by atoms with Gasteiger partial charge in [-0.25, -0.2) is 4.79 Å². The number of unbranched alkanes of at least 4 members (excludes halogenated alkanes) is 4. The molecule has 40 heavy (non-hydrogen) atoms. The Morgan fingerprint density at radius 1 is 0.850 bits per heavy atom. The summed E-state index contributed by atoms with van der Waals surface area (Å²) in [5.74, 6) is -3.37. The lowest BCUT2D eigenvalue weighted by Crippen LogP contribution is -2.60. The van der Waals surface area contributed by atoms with Gasteiger partial charge in [-0.15, -0.1) is 0 Å². The van der Waals surface area contributed by atoms with E-state index in [1.807, 2.05) is 41.5 Å². The monoisotopic (exact) mass is 563 g/mol. The standard InChI is InChI=1S/C31H49NO8/c1-8-11-13-15-27(33)38-25-18-17-24(19-26(25)39-28(34)16-14-12-9-2)20-31(30(36)37,32-22(6)10-3)40-29(35)23(7)21(4)5/h17-19,21-23,32H,8-16,20H2,1-7H3,(H,36,37)/t22?,23?,31-/m0/s1. The van der Waals surface area contributed by atoms with E-state index in [0.29, 0.717) is 24.8 Å². The minimum Gasteiger partial charge on any atom is -0.477 e. The van der Waals surface area contributed by atoms with Gasteiger partial charge in [-0.1, -0.05) is 73.3 Å². The number of carboxylic acids is 1. The van der Waals surface area contributed by atoms with Gasteiger partial charge in [-0.3, -0.25) is 19.7 Å². The van der Waals surface area contributed by atoms with Crippen molar-refractivity contribution >= 4 is 23.9 Å². The Morgan fingerprint density at radius 3 is 1.88 bits per heavy atom. The highest BCUT2D eigenvalue weighted by atomic mass is 16.6. The first-order chi connectivity index (χ1) is 18.9. The molecule has 0 amide bonds. The first-order valence-corrected chi connectivity index (χ1v) is 14.7. The summed E-state index contributed by atoms with van der Waals surface area (Å²) in [6.07, 6.45) is 5.78. The predicted octanol–water partition coefficient (Wildman–Crippen LogP) is 6.20. The van der Waals surface area contributed by atoms with Crippen LogP contribution in [0.5, 0.6) is 11.5 Å². The molecule has 1 aromatic rings. The zero-order chi connectivity index (χ0) is 30.3. The maximum absolute atomic E-state index is 12.9. The zero-order valence-electron chi connectivity index (χ0n) is 25.3. The molecule has 0 aromatic heterocycles. The molecule has 226 valence electrons. The molecular weight excluding hydrogens is 514 g/mol. The van der Waals surface area contributed by atoms with Gasteiger partial charge in [0.25, 0.3) is 5.72 Å². The minimum absolute atomic E-state index is 0.0209. The molecule has 0 aliphatic heterocycles. The maximum Gasteiger partial charge on any atom is 0.364 e. The third-order valence-electron chi connectivity index (χ3n) is 6.96. The Kier molecular flexibility index (Phi) is 15.5. The fraction of sp³-hybridized carbons (Fsp3) is 0.677. The number of aliphatic carboxylic acids is 1. The summed E-state index contributed by atoms with van der Waals surface area (Å²) >= 11 is 0. The van der Waals surface area contributed by atoms with Crippen molar-refractivity contribution in [3.63, 3.8) is 0 Å². The lowest BCUT2D eigenvalue weighted by molar-refractivity contribution is -0.188. The van der Waals surface area contributed by atoms with Crippen LogP contribution in [0.25, 0.3) is 0 Å². The summed E-state index contributed by atoms with van der Waals surface area (Å²) in [5, 5.41) is 13.3. The SMILES string of the molecule is CCCCCC(=O)Oc1ccc(C[C@](NC(C)CC)(OC(=O)C(C)C(C)C)C(=O)O)cc1OC(=O)CCCCC. The van der Waals surface area contributed by atoms with Gasteiger partial charge in [-0.05, 0) is 49.8 Å². The summed E-state index contributed by atoms with van der Waals surface area (Å²) in [5.41, 5.74) is -1.64. The van der Waals surface area contributed by atoms with Gasteiger partial charge in [0, 0.05) is 25.3 Å². The summed E-state index contributed by atoms with van der Waals surface area (Å²) in [7, 11) is 0. The zero-order valence-corrected chi connectivity index (χ0v) is 25.3. The second-order valence-corrected chi connectivity index (χ2v) is 10.9. The van der Waals surface area contributed by atoms with E-state index >= 15 is 0 Å². The van der Waals surface area contributed by atoms with Crippen LogP contribution in [-0.2, 0) is 30.3 Å². The Hall–Kier alpha value is -2.94. The summed E-state index contributed by atoms with van der Waals surface area (Å²) in [6.45, 7) is 13.2. The number of carboxylic acid groups (broad SMARTS) is 1. The molecule has 1 aromatic carbocycles. The number of carbonyl (C=O) groups is 4. The number of carbonyl (C=O) groups excluding carboxylic acids is 3. The van der Waals surface area contributed by atoms with Crippen molar-refractivity contribution in [2.24, 2.45) is 11.8 Å². The number of ether oxygens (including phenoxy) is 3. The van der Waals surface area contributed by atoms with Crippen molar-refractivity contribution in [3.05, 3.63) is 23.8 Å². The Bertz CT molecular complexity index is 976. The second kappa shape index (κ2) is 17.7. The number of esters is 3. The third-order valence-corrected chi connectivity index (χ3v) is 6.96. The van der Waals surface area contributed by atoms with Gasteiger partial charge >= 0.3 is 23.9 Å². The molecule has 0 heterocycles. The van der Waals surface area contributed by atoms with Crippen LogP contribution in [0, 0.1) is 11.8 Å². The van der Waals surface area contributed by atoms with Crippen LogP contribution in [0.2, 0.25) is 0 Å². The Morgan fingerprint density at radius 2 is 1.40 bits per heavy atom. The van der Waals surface area contributed by atoms with Gasteiger partial charge in [0.1, 0.15) is 0 Å². The van der Waals surface area contributed by atoms with Crippen LogP contribution in [0.3, 0.4) is 0 Å². The number of benzene rings is 1. The van der Waals surface area contributed by atoms with Crippen LogP contribution in [0.1, 0.15) is 112 Å². The molecule has 0 saturated carbocycles. The van der Waals surface area contributed by atoms with Crippen LogP contribution in [0.4, 0.5) is 0 Å². The van der Waals surface area contributed by atoms with Gasteiger partial charge in [0.05, 0.1) is 5.92 Å². The largest absolute Gasteiger partial charge is 0.477 e. The van der Waals surface area contributed by atoms with E-state index in [1.54, 1.807) is 13.0 Å². The van der Waals surface area contributed by atoms with Gasteiger partial charge in [0.15, 0.2) is 11.5 Å². The van der Waals surface area contributed by atoms with E-state index in [-0.39, 0.29) is 42.7 Å². The molecule has 0 aliphatic carbocycles. The van der Waals surface area contributed by atoms with E-state index in [1.165, 1.54) is 12.1 Å². The van der Waals surface area contributed by atoms with Crippen molar-refractivity contribution in [2.45, 2.75) is 124 Å². The predicted molar refractivity (Wildman–Crippen MR) is 153 cm³/mol. The normalized spacial score (nSPS) is 14.2. The summed E-state index contributed by atoms with van der Waals surface area (Å²) in [4.78, 5) is 50.6. The van der Waals surface area contributed by atoms with E-state index in [0.717, 1.165) is 25.7 Å². The van der Waals surface area contributed by atoms with Crippen LogP contribution >= 0.6 is 0 Å². The van der Waals surface area contributed by atoms with Gasteiger partial charge < -0.3 is 19.3 Å². The topological polar surface area (TPSA) is 128 Å². The Labute approximate surface area is 239 Å². The maximum atomic E-state index is 12.9. The highest BCUT2D eigenvalue weighted by molar-refractivity contribution is 5.83. The first-order valence-electron chi connectivity index (χ1n) is 14.7. The van der Waals surface area contributed by atoms with Crippen molar-refractivity contribution in [2.75, 3.05) is 0 Å². The smallest absolute Gasteiger partial charge is 0.364 e. The summed E-state index contributed by atoms with van der Waals surface area (Å²) < 4.78 is 16.8. The molecule has 0 saturated heterocycles. The van der Waals surface area contributed by atoms with E-state index in [4.69, 9.17) is 14.2 Å². The van der Waals surface area contributed by atoms with Gasteiger partial charge in [0.2, 0.25) is 0 Å². The van der Waals surface area contributed by atoms with Crippen LogP contribution < -0.4 is 14.8 Å². The molecular formula is C31H49NO8. The average Bonchev–Trinajstić information content (AvgIpc) is 2.89. The number of nitrogens with one attached hydrogen (secondary N) is 1. The molecule has 2 unspecified atom stereocenters. The van der Waals surface area contributed by atoms with Crippen molar-refractivity contribution < 1.29 is 38.5 Å². The van der Waals surface area contributed by atoms with Crippen molar-refractivity contribution in [3.8, 4) is 11.5 Å². The van der Waals surface area contributed by atoms with Crippen LogP contribution in [0.15, 0.2) is 18.2 Å². The molecule has 1 rings (SSSR count). The van der Waals surface area contributed by atoms with E-state index in [2.05, 4.69) is 5.32 Å². The second-order valence-electron chi connectivity index (χ2n) is 10.9. The average molecular weight is 564 g/mol. The molecule has 9 nitrogen and oxygen atoms in total. The first kappa shape index (κ1) is 35.1. The molecule has 2 N–H and O–H groups in total. The third kappa shape index (κ3) is 11.7. The number of rotatable bonds is 19. The fourth-order valence-electron chi connectivity index (χ4n) is 3.83. The highest BCUT2D eigenvalue weighted by Gasteiger charge is 2.45. The fourth-order valence-corrected chi connectivity index (χ4v) is 3.83. The lowest BCUT2D eigenvalue weighted by atomic mass is 9.97. The van der Waals surface area contributed by atoms with Crippen molar-refractivity contribution in [1.82, 2.24) is 5.32 Å². The molecule has 9 heteroatoms. The van der Waals surface area contributed by atoms with Crippen molar-refractivity contribution in [1.29, 1.82) is 0 Å². The molecule has 0 radical (unpaired) electrons. The number of hydrogen-bond donors (Lipinski definition) is 2.